The van der Waals surface area contributed by atoms with Crippen LogP contribution in [0.3, 0.4) is 0 Å². The molecule has 2 N–H and O–H groups in total. The van der Waals surface area contributed by atoms with E-state index in [0.717, 1.165) is 9.91 Å². The molecule has 2 saturated heterocycles. The Morgan fingerprint density at radius 3 is 2.30 bits per heavy atom. The summed E-state index contributed by atoms with van der Waals surface area (Å²) in [7, 11) is 4.32. The second kappa shape index (κ2) is 11.1. The Balaban J connectivity index is 1.52. The Hall–Kier alpha value is -4.90. The van der Waals surface area contributed by atoms with Gasteiger partial charge in [-0.2, -0.15) is 5.01 Å². The minimum Gasteiger partial charge on any atom is -0.507 e. The van der Waals surface area contributed by atoms with Gasteiger partial charge in [-0.15, -0.1) is 0 Å². The van der Waals surface area contributed by atoms with Crippen molar-refractivity contribution in [3.63, 3.8) is 0 Å². The number of imide groups is 2. The molecule has 2 aliphatic heterocycles. The molecule has 6 unspecified atom stereocenters. The number of rotatable bonds is 6. The van der Waals surface area contributed by atoms with Gasteiger partial charge in [-0.3, -0.25) is 29.5 Å². The summed E-state index contributed by atoms with van der Waals surface area (Å²) in [6.45, 7) is 0. The third-order valence-corrected chi connectivity index (χ3v) is 10.6. The van der Waals surface area contributed by atoms with E-state index in [1.54, 1.807) is 30.3 Å². The second-order valence-electron chi connectivity index (χ2n) is 12.4. The maximum Gasteiger partial charge on any atom is 0.260 e. The lowest BCUT2D eigenvalue weighted by Crippen LogP contribution is -2.53. The highest BCUT2D eigenvalue weighted by Crippen LogP contribution is 2.66. The molecule has 2 heterocycles. The molecule has 2 aliphatic carbocycles. The van der Waals surface area contributed by atoms with Crippen LogP contribution in [-0.2, 0) is 24.6 Å². The number of methoxy groups -OCH3 is 2. The number of allylic oxidation sites excluding steroid dienone is 2. The minimum absolute atomic E-state index is 0.0738. The number of nitrogens with one attached hydrogen (secondary N) is 1. The molecule has 4 amide bonds. The van der Waals surface area contributed by atoms with Crippen LogP contribution in [0.25, 0.3) is 0 Å². The van der Waals surface area contributed by atoms with E-state index in [2.05, 4.69) is 5.43 Å². The number of ether oxygens (including phenoxy) is 2. The number of aromatic hydroxyl groups is 1. The van der Waals surface area contributed by atoms with Crippen molar-refractivity contribution in [1.29, 1.82) is 0 Å². The van der Waals surface area contributed by atoms with Gasteiger partial charge in [0.1, 0.15) is 23.1 Å². The first-order chi connectivity index (χ1) is 22.5. The third-order valence-electron chi connectivity index (χ3n) is 10.3. The van der Waals surface area contributed by atoms with Crippen LogP contribution in [-0.4, -0.2) is 59.9 Å². The Labute approximate surface area is 274 Å². The second-order valence-corrected chi connectivity index (χ2v) is 12.8. The van der Waals surface area contributed by atoms with Crippen LogP contribution in [0.1, 0.15) is 29.9 Å². The number of halogens is 2. The van der Waals surface area contributed by atoms with E-state index in [1.165, 1.54) is 51.6 Å². The molecule has 47 heavy (non-hydrogen) atoms. The molecule has 6 atom stereocenters. The van der Waals surface area contributed by atoms with Crippen molar-refractivity contribution in [2.75, 3.05) is 26.7 Å². The Kier molecular flexibility index (Phi) is 7.27. The van der Waals surface area contributed by atoms with Crippen LogP contribution >= 0.6 is 11.6 Å². The van der Waals surface area contributed by atoms with Crippen molar-refractivity contribution in [2.24, 2.45) is 23.7 Å². The van der Waals surface area contributed by atoms with Crippen molar-refractivity contribution in [1.82, 2.24) is 9.91 Å². The van der Waals surface area contributed by atoms with Crippen LogP contribution in [0, 0.1) is 29.5 Å². The van der Waals surface area contributed by atoms with Gasteiger partial charge in [0.25, 0.3) is 11.8 Å². The van der Waals surface area contributed by atoms with Crippen LogP contribution in [0.4, 0.5) is 10.1 Å². The van der Waals surface area contributed by atoms with E-state index in [9.17, 15) is 23.9 Å². The molecule has 1 saturated carbocycles. The molecular formula is C35H31ClFN3O7. The maximum atomic E-state index is 15.1. The van der Waals surface area contributed by atoms with E-state index >= 15 is 4.79 Å². The van der Waals surface area contributed by atoms with Crippen molar-refractivity contribution in [2.45, 2.75) is 24.2 Å². The summed E-state index contributed by atoms with van der Waals surface area (Å²) in [6.07, 6.45) is 2.19. The predicted molar refractivity (Wildman–Crippen MR) is 168 cm³/mol. The number of phenolic OH excluding ortho intramolecular Hbond substituents is 1. The number of likely N-dealkylation sites (tertiary alicyclic amines) is 1. The lowest BCUT2D eigenvalue weighted by atomic mass is 9.49. The summed E-state index contributed by atoms with van der Waals surface area (Å²) in [5.74, 6) is -6.12. The van der Waals surface area contributed by atoms with Gasteiger partial charge in [0.2, 0.25) is 11.8 Å². The zero-order chi connectivity index (χ0) is 33.4. The largest absolute Gasteiger partial charge is 0.507 e. The Morgan fingerprint density at radius 2 is 1.64 bits per heavy atom. The molecular weight excluding hydrogens is 629 g/mol. The number of phenols is 1. The zero-order valence-electron chi connectivity index (χ0n) is 25.7. The molecule has 3 aromatic carbocycles. The number of carbonyl (C=O) groups is 4. The number of benzene rings is 3. The highest BCUT2D eigenvalue weighted by molar-refractivity contribution is 6.30. The van der Waals surface area contributed by atoms with Crippen LogP contribution in [0.15, 0.2) is 72.3 Å². The number of hydrogen-bond acceptors (Lipinski definition) is 8. The molecule has 12 heteroatoms. The van der Waals surface area contributed by atoms with E-state index in [1.807, 2.05) is 6.08 Å². The summed E-state index contributed by atoms with van der Waals surface area (Å²) < 4.78 is 25.0. The summed E-state index contributed by atoms with van der Waals surface area (Å²) in [5.41, 5.74) is 2.87. The monoisotopic (exact) mass is 659 g/mol. The van der Waals surface area contributed by atoms with Crippen LogP contribution < -0.4 is 14.9 Å². The average Bonchev–Trinajstić information content (AvgIpc) is 3.42. The smallest absolute Gasteiger partial charge is 0.260 e. The molecule has 0 spiro atoms. The first-order valence-corrected chi connectivity index (χ1v) is 15.5. The van der Waals surface area contributed by atoms with Crippen molar-refractivity contribution < 1.29 is 38.1 Å². The summed E-state index contributed by atoms with van der Waals surface area (Å²) in [6, 6.07) is 14.9. The molecule has 0 bridgehead atoms. The van der Waals surface area contributed by atoms with Crippen molar-refractivity contribution in [3.8, 4) is 17.2 Å². The van der Waals surface area contributed by atoms with Crippen molar-refractivity contribution >= 4 is 40.9 Å². The maximum absolute atomic E-state index is 15.1. The van der Waals surface area contributed by atoms with Crippen molar-refractivity contribution in [3.05, 3.63) is 94.3 Å². The zero-order valence-corrected chi connectivity index (χ0v) is 26.5. The Morgan fingerprint density at radius 1 is 0.936 bits per heavy atom. The predicted octanol–water partition coefficient (Wildman–Crippen LogP) is 4.82. The fourth-order valence-electron chi connectivity index (χ4n) is 8.29. The number of amides is 4. The first kappa shape index (κ1) is 30.7. The molecule has 3 fully saturated rings. The standard InChI is InChI=1S/C35H31ClFN3O7/c1-39-31(42)23-13-12-22-24(28(23)33(39)44)16-25-32(43)40(38-20-10-8-19(37)9-11-20)34(45)35(25,17-4-6-18(36)7-5-17)30(22)29-26(41)14-21(46-2)15-27(29)47-3/h4-12,14-15,23-25,28,30,38,41H,13,16H2,1-3H3. The third kappa shape index (κ3) is 4.36. The first-order valence-electron chi connectivity index (χ1n) is 15.2. The van der Waals surface area contributed by atoms with E-state index in [4.69, 9.17) is 21.1 Å². The van der Waals surface area contributed by atoms with Gasteiger partial charge in [-0.25, -0.2) is 4.39 Å². The summed E-state index contributed by atoms with van der Waals surface area (Å²) >= 11 is 6.32. The van der Waals surface area contributed by atoms with Gasteiger partial charge < -0.3 is 14.6 Å². The fourth-order valence-corrected chi connectivity index (χ4v) is 8.42. The van der Waals surface area contributed by atoms with Gasteiger partial charge in [-0.1, -0.05) is 35.4 Å². The highest BCUT2D eigenvalue weighted by Gasteiger charge is 2.71. The van der Waals surface area contributed by atoms with Crippen LogP contribution in [0.2, 0.25) is 5.02 Å². The van der Waals surface area contributed by atoms with E-state index < -0.39 is 52.6 Å². The van der Waals surface area contributed by atoms with Gasteiger partial charge in [0.15, 0.2) is 0 Å². The molecule has 0 aromatic heterocycles. The normalized spacial score (nSPS) is 28.1. The van der Waals surface area contributed by atoms with E-state index in [0.29, 0.717) is 27.6 Å². The molecule has 4 aliphatic rings. The number of fused-ring (bicyclic) bond motifs is 4. The average molecular weight is 660 g/mol. The topological polar surface area (TPSA) is 125 Å². The number of hydrazine groups is 1. The van der Waals surface area contributed by atoms with Gasteiger partial charge in [-0.05, 0) is 60.7 Å². The molecule has 242 valence electrons. The summed E-state index contributed by atoms with van der Waals surface area (Å²) in [4.78, 5) is 57.7. The number of hydrogen-bond donors (Lipinski definition) is 2. The van der Waals surface area contributed by atoms with Gasteiger partial charge >= 0.3 is 0 Å². The van der Waals surface area contributed by atoms with Crippen LogP contribution in [0.5, 0.6) is 17.2 Å². The summed E-state index contributed by atoms with van der Waals surface area (Å²) in [5, 5.41) is 13.1. The molecule has 7 rings (SSSR count). The minimum atomic E-state index is -1.67. The van der Waals surface area contributed by atoms with E-state index in [-0.39, 0.29) is 41.7 Å². The number of anilines is 1. The number of nitrogens with zero attached hydrogens (tertiary/aromatic N) is 2. The lowest BCUT2D eigenvalue weighted by Gasteiger charge is -2.50. The van der Waals surface area contributed by atoms with Gasteiger partial charge in [0.05, 0.1) is 43.1 Å². The lowest BCUT2D eigenvalue weighted by molar-refractivity contribution is -0.140. The quantitative estimate of drug-likeness (QED) is 0.285. The molecule has 3 aromatic rings. The fraction of sp³-hybridized carbons (Fsp3) is 0.314. The Bertz CT molecular complexity index is 1860. The highest BCUT2D eigenvalue weighted by atomic mass is 35.5. The van der Waals surface area contributed by atoms with Gasteiger partial charge in [0, 0.05) is 35.7 Å². The SMILES string of the molecule is COc1cc(O)c(C2C3=CCC4C(=O)N(C)C(=O)C4C3CC3C(=O)N(Nc4ccc(F)cc4)C(=O)C32c2ccc(Cl)cc2)c(OC)c1. The molecule has 0 radical (unpaired) electrons. The number of carbonyl (C=O) groups excluding carboxylic acids is 4. The molecule has 10 nitrogen and oxygen atoms in total.